The monoisotopic (exact) mass is 474 g/mol. The van der Waals surface area contributed by atoms with Crippen molar-refractivity contribution in [2.75, 3.05) is 19.9 Å². The Hall–Kier alpha value is -2.06. The lowest BCUT2D eigenvalue weighted by Crippen LogP contribution is -2.43. The smallest absolute Gasteiger partial charge is 0.266 e. The molecule has 0 bridgehead atoms. The molecule has 6 nitrogen and oxygen atoms in total. The van der Waals surface area contributed by atoms with Gasteiger partial charge in [-0.3, -0.25) is 14.5 Å². The molecule has 3 aliphatic rings. The maximum atomic E-state index is 12.8. The number of unbranched alkanes of at least 4 members (excludes halogenated alkanes) is 2. The van der Waals surface area contributed by atoms with Crippen LogP contribution in [0.3, 0.4) is 0 Å². The van der Waals surface area contributed by atoms with Crippen molar-refractivity contribution in [1.82, 2.24) is 9.80 Å². The van der Waals surface area contributed by atoms with Crippen molar-refractivity contribution in [1.29, 1.82) is 0 Å². The maximum absolute atomic E-state index is 12.8. The molecule has 0 aliphatic carbocycles. The van der Waals surface area contributed by atoms with Crippen molar-refractivity contribution in [2.24, 2.45) is 0 Å². The second-order valence-electron chi connectivity index (χ2n) is 8.40. The third kappa shape index (κ3) is 5.29. The molecule has 1 atom stereocenters. The number of benzene rings is 1. The van der Waals surface area contributed by atoms with Crippen LogP contribution in [0, 0.1) is 0 Å². The van der Waals surface area contributed by atoms with Gasteiger partial charge < -0.3 is 14.4 Å². The number of piperidine rings is 1. The third-order valence-corrected chi connectivity index (χ3v) is 7.64. The number of nitrogens with zero attached hydrogens (tertiary/aromatic N) is 2. The quantitative estimate of drug-likeness (QED) is 0.301. The van der Waals surface area contributed by atoms with E-state index in [1.807, 2.05) is 24.3 Å². The van der Waals surface area contributed by atoms with Crippen LogP contribution in [0.5, 0.6) is 11.5 Å². The van der Waals surface area contributed by atoms with Gasteiger partial charge in [0.15, 0.2) is 11.5 Å². The van der Waals surface area contributed by atoms with E-state index in [0.29, 0.717) is 34.0 Å². The SMILES string of the molecule is CCC1CCCCN1C(=O)CCCCCN1C(=O)/C(=C\c2ccc3c(c2)OCO3)SC1=S. The van der Waals surface area contributed by atoms with Crippen molar-refractivity contribution < 1.29 is 19.1 Å². The number of likely N-dealkylation sites (tertiary alicyclic amines) is 1. The highest BCUT2D eigenvalue weighted by Crippen LogP contribution is 2.36. The van der Waals surface area contributed by atoms with Crippen LogP contribution < -0.4 is 9.47 Å². The van der Waals surface area contributed by atoms with E-state index in [2.05, 4.69) is 11.8 Å². The molecule has 32 heavy (non-hydrogen) atoms. The van der Waals surface area contributed by atoms with Crippen LogP contribution in [-0.2, 0) is 9.59 Å². The zero-order valence-electron chi connectivity index (χ0n) is 18.5. The predicted octanol–water partition coefficient (Wildman–Crippen LogP) is 4.97. The fourth-order valence-electron chi connectivity index (χ4n) is 4.47. The van der Waals surface area contributed by atoms with Gasteiger partial charge in [0.1, 0.15) is 4.32 Å². The molecular weight excluding hydrogens is 444 g/mol. The average Bonchev–Trinajstić information content (AvgIpc) is 3.37. The van der Waals surface area contributed by atoms with Crippen LogP contribution >= 0.6 is 24.0 Å². The number of carbonyl (C=O) groups excluding carboxylic acids is 2. The topological polar surface area (TPSA) is 59.1 Å². The first kappa shape index (κ1) is 23.1. The zero-order valence-corrected chi connectivity index (χ0v) is 20.1. The van der Waals surface area contributed by atoms with E-state index >= 15 is 0 Å². The zero-order chi connectivity index (χ0) is 22.5. The summed E-state index contributed by atoms with van der Waals surface area (Å²) in [7, 11) is 0. The van der Waals surface area contributed by atoms with E-state index in [1.165, 1.54) is 18.2 Å². The van der Waals surface area contributed by atoms with Crippen LogP contribution in [0.15, 0.2) is 23.1 Å². The van der Waals surface area contributed by atoms with E-state index in [0.717, 1.165) is 56.4 Å². The summed E-state index contributed by atoms with van der Waals surface area (Å²) in [5.74, 6) is 1.65. The maximum Gasteiger partial charge on any atom is 0.266 e. The Balaban J connectivity index is 1.23. The predicted molar refractivity (Wildman–Crippen MR) is 131 cm³/mol. The molecule has 0 N–H and O–H groups in total. The minimum Gasteiger partial charge on any atom is -0.454 e. The van der Waals surface area contributed by atoms with Gasteiger partial charge in [0, 0.05) is 25.6 Å². The van der Waals surface area contributed by atoms with E-state index in [1.54, 1.807) is 4.90 Å². The molecule has 2 saturated heterocycles. The van der Waals surface area contributed by atoms with Gasteiger partial charge in [0.05, 0.1) is 4.91 Å². The first-order valence-corrected chi connectivity index (χ1v) is 12.7. The fourth-order valence-corrected chi connectivity index (χ4v) is 5.78. The number of thioether (sulfide) groups is 1. The van der Waals surface area contributed by atoms with Crippen LogP contribution in [0.4, 0.5) is 0 Å². The molecule has 3 aliphatic heterocycles. The molecule has 4 rings (SSSR count). The number of amides is 2. The molecule has 1 aromatic carbocycles. The van der Waals surface area contributed by atoms with Gasteiger partial charge in [-0.2, -0.15) is 0 Å². The summed E-state index contributed by atoms with van der Waals surface area (Å²) in [4.78, 5) is 29.8. The summed E-state index contributed by atoms with van der Waals surface area (Å²) in [5, 5.41) is 0. The van der Waals surface area contributed by atoms with Gasteiger partial charge in [-0.15, -0.1) is 0 Å². The van der Waals surface area contributed by atoms with Crippen LogP contribution in [0.1, 0.15) is 63.9 Å². The van der Waals surface area contributed by atoms with Gasteiger partial charge in [0.2, 0.25) is 12.7 Å². The highest BCUT2D eigenvalue weighted by Gasteiger charge is 2.31. The van der Waals surface area contributed by atoms with Gasteiger partial charge >= 0.3 is 0 Å². The van der Waals surface area contributed by atoms with Gasteiger partial charge in [-0.1, -0.05) is 43.4 Å². The highest BCUT2D eigenvalue weighted by molar-refractivity contribution is 8.26. The Bertz CT molecular complexity index is 917. The summed E-state index contributed by atoms with van der Waals surface area (Å²) in [6, 6.07) is 6.05. The van der Waals surface area contributed by atoms with Crippen LogP contribution in [0.2, 0.25) is 0 Å². The lowest BCUT2D eigenvalue weighted by atomic mass is 9.99. The van der Waals surface area contributed by atoms with E-state index < -0.39 is 0 Å². The van der Waals surface area contributed by atoms with Crippen molar-refractivity contribution in [2.45, 2.75) is 64.3 Å². The number of hydrogen-bond donors (Lipinski definition) is 0. The lowest BCUT2D eigenvalue weighted by Gasteiger charge is -2.35. The molecule has 0 saturated carbocycles. The Labute approximate surface area is 199 Å². The Morgan fingerprint density at radius 1 is 1.22 bits per heavy atom. The minimum absolute atomic E-state index is 0.0483. The van der Waals surface area contributed by atoms with E-state index in [-0.39, 0.29) is 18.6 Å². The lowest BCUT2D eigenvalue weighted by molar-refractivity contribution is -0.135. The fraction of sp³-hybridized carbons (Fsp3) is 0.542. The van der Waals surface area contributed by atoms with Crippen LogP contribution in [0.25, 0.3) is 6.08 Å². The first-order chi connectivity index (χ1) is 15.6. The Kier molecular flexibility index (Phi) is 7.73. The molecule has 1 aromatic rings. The number of hydrogen-bond acceptors (Lipinski definition) is 6. The van der Waals surface area contributed by atoms with E-state index in [4.69, 9.17) is 21.7 Å². The first-order valence-electron chi connectivity index (χ1n) is 11.5. The molecule has 0 spiro atoms. The number of carbonyl (C=O) groups is 2. The summed E-state index contributed by atoms with van der Waals surface area (Å²) in [6.45, 7) is 3.89. The Morgan fingerprint density at radius 3 is 2.91 bits per heavy atom. The minimum atomic E-state index is -0.0483. The normalized spacial score (nSPS) is 21.7. The molecule has 0 radical (unpaired) electrons. The molecule has 0 aromatic heterocycles. The summed E-state index contributed by atoms with van der Waals surface area (Å²) in [6.07, 6.45) is 9.58. The summed E-state index contributed by atoms with van der Waals surface area (Å²) in [5.41, 5.74) is 0.886. The number of thiocarbonyl (C=S) groups is 1. The van der Waals surface area contributed by atoms with Crippen molar-refractivity contribution in [3.05, 3.63) is 28.7 Å². The Morgan fingerprint density at radius 2 is 2.06 bits per heavy atom. The average molecular weight is 475 g/mol. The second-order valence-corrected chi connectivity index (χ2v) is 10.1. The largest absolute Gasteiger partial charge is 0.454 e. The molecular formula is C24H30N2O4S2. The highest BCUT2D eigenvalue weighted by atomic mass is 32.2. The second kappa shape index (κ2) is 10.7. The molecule has 172 valence electrons. The summed E-state index contributed by atoms with van der Waals surface area (Å²) >= 11 is 6.78. The molecule has 1 unspecified atom stereocenters. The third-order valence-electron chi connectivity index (χ3n) is 6.26. The molecule has 8 heteroatoms. The number of fused-ring (bicyclic) bond motifs is 1. The summed E-state index contributed by atoms with van der Waals surface area (Å²) < 4.78 is 11.3. The molecule has 2 amide bonds. The number of ether oxygens (including phenoxy) is 2. The van der Waals surface area contributed by atoms with Crippen molar-refractivity contribution >= 4 is 46.2 Å². The molecule has 3 heterocycles. The number of rotatable bonds is 8. The van der Waals surface area contributed by atoms with Crippen molar-refractivity contribution in [3.8, 4) is 11.5 Å². The standard InChI is InChI=1S/C24H30N2O4S2/c1-2-18-8-5-7-12-25(18)22(27)9-4-3-6-13-26-23(28)21(32-24(26)31)15-17-10-11-19-20(14-17)30-16-29-19/h10-11,14-15,18H,2-9,12-13,16H2,1H3/b21-15+. The van der Waals surface area contributed by atoms with E-state index in [9.17, 15) is 9.59 Å². The van der Waals surface area contributed by atoms with Gasteiger partial charge in [-0.25, -0.2) is 0 Å². The van der Waals surface area contributed by atoms with Gasteiger partial charge in [0.25, 0.3) is 5.91 Å². The van der Waals surface area contributed by atoms with Crippen molar-refractivity contribution in [3.63, 3.8) is 0 Å². The van der Waals surface area contributed by atoms with Crippen LogP contribution in [-0.4, -0.2) is 51.9 Å². The van der Waals surface area contributed by atoms with Gasteiger partial charge in [-0.05, 0) is 62.3 Å². The molecule has 2 fully saturated rings.